The summed E-state index contributed by atoms with van der Waals surface area (Å²) < 4.78 is 3.96. The highest BCUT2D eigenvalue weighted by atomic mass is 32.1. The molecular weight excluding hydrogens is 236 g/mol. The van der Waals surface area contributed by atoms with E-state index < -0.39 is 0 Å². The Morgan fingerprint density at radius 1 is 1.00 bits per heavy atom. The van der Waals surface area contributed by atoms with Gasteiger partial charge in [-0.3, -0.25) is 4.98 Å². The van der Waals surface area contributed by atoms with Gasteiger partial charge in [-0.2, -0.15) is 4.37 Å². The number of aryl methyl sites for hydroxylation is 2. The molecule has 0 bridgehead atoms. The molecule has 0 aliphatic heterocycles. The van der Waals surface area contributed by atoms with Crippen LogP contribution in [0, 0.1) is 13.8 Å². The molecule has 0 saturated carbocycles. The molecule has 0 fully saturated rings. The third kappa shape index (κ3) is 11.3. The lowest BCUT2D eigenvalue weighted by Gasteiger charge is -1.65. The van der Waals surface area contributed by atoms with Crippen LogP contribution in [-0.2, 0) is 0 Å². The summed E-state index contributed by atoms with van der Waals surface area (Å²) in [6.07, 6.45) is 1.81. The average molecular weight is 258 g/mol. The number of rotatable bonds is 0. The van der Waals surface area contributed by atoms with Crippen molar-refractivity contribution in [2.24, 2.45) is 0 Å². The molecule has 0 saturated heterocycles. The second-order valence-electron chi connectivity index (χ2n) is 2.19. The van der Waals surface area contributed by atoms with Crippen LogP contribution in [0.4, 0.5) is 0 Å². The summed E-state index contributed by atoms with van der Waals surface area (Å²) in [6, 6.07) is 1.99. The lowest BCUT2D eigenvalue weighted by molar-refractivity contribution is 1.30. The van der Waals surface area contributed by atoms with E-state index in [0.29, 0.717) is 0 Å². The van der Waals surface area contributed by atoms with Gasteiger partial charge in [-0.15, -0.1) is 11.3 Å². The van der Waals surface area contributed by atoms with Gasteiger partial charge in [0.15, 0.2) is 0 Å². The summed E-state index contributed by atoms with van der Waals surface area (Å²) in [5, 5.41) is 5.07. The molecule has 0 unspecified atom stereocenters. The van der Waals surface area contributed by atoms with E-state index >= 15 is 0 Å². The molecule has 0 N–H and O–H groups in total. The van der Waals surface area contributed by atoms with E-state index in [2.05, 4.69) is 9.36 Å². The summed E-state index contributed by atoms with van der Waals surface area (Å²) in [5.41, 5.74) is 1.11. The molecule has 92 valence electrons. The molecule has 16 heavy (non-hydrogen) atoms. The molecule has 0 aliphatic carbocycles. The highest BCUT2D eigenvalue weighted by Crippen LogP contribution is 1.98. The van der Waals surface area contributed by atoms with E-state index in [1.807, 2.05) is 58.4 Å². The second-order valence-corrected chi connectivity index (χ2v) is 3.96. The third-order valence-electron chi connectivity index (χ3n) is 1.12. The van der Waals surface area contributed by atoms with E-state index in [-0.39, 0.29) is 0 Å². The van der Waals surface area contributed by atoms with Crippen molar-refractivity contribution in [2.45, 2.75) is 41.5 Å². The topological polar surface area (TPSA) is 25.8 Å². The largest absolute Gasteiger partial charge is 0.250 e. The van der Waals surface area contributed by atoms with Gasteiger partial charge in [0.05, 0.1) is 10.7 Å². The maximum atomic E-state index is 3.96. The first kappa shape index (κ1) is 17.6. The predicted molar refractivity (Wildman–Crippen MR) is 76.4 cm³/mol. The van der Waals surface area contributed by atoms with E-state index in [0.717, 1.165) is 10.7 Å². The van der Waals surface area contributed by atoms with Crippen LogP contribution in [0.3, 0.4) is 0 Å². The van der Waals surface area contributed by atoms with Gasteiger partial charge < -0.3 is 0 Å². The third-order valence-corrected chi connectivity index (χ3v) is 2.48. The molecule has 2 aromatic heterocycles. The zero-order valence-corrected chi connectivity index (χ0v) is 12.7. The molecule has 0 aromatic carbocycles. The van der Waals surface area contributed by atoms with Crippen molar-refractivity contribution in [2.75, 3.05) is 0 Å². The molecule has 0 aliphatic rings. The Balaban J connectivity index is 0. The van der Waals surface area contributed by atoms with Crippen LogP contribution in [0.15, 0.2) is 23.0 Å². The van der Waals surface area contributed by atoms with Crippen LogP contribution in [0.25, 0.3) is 0 Å². The Hall–Kier alpha value is -0.740. The zero-order valence-electron chi connectivity index (χ0n) is 11.0. The highest BCUT2D eigenvalue weighted by molar-refractivity contribution is 7.09. The standard InChI is InChI=1S/2C4H5NS.2C2H6/c1-4-5-2-3-6-4;1-4-2-3-6-5-4;2*1-2/h2*2-3H,1H3;2*1-2H3. The first-order chi connectivity index (χ1) is 7.79. The summed E-state index contributed by atoms with van der Waals surface area (Å²) in [5.74, 6) is 0. The smallest absolute Gasteiger partial charge is 0.0893 e. The van der Waals surface area contributed by atoms with E-state index in [1.165, 1.54) is 11.5 Å². The van der Waals surface area contributed by atoms with Gasteiger partial charge >= 0.3 is 0 Å². The molecule has 0 radical (unpaired) electrons. The summed E-state index contributed by atoms with van der Waals surface area (Å²) >= 11 is 3.16. The predicted octanol–water partition coefficient (Wildman–Crippen LogP) is 4.96. The fourth-order valence-corrected chi connectivity index (χ4v) is 1.55. The van der Waals surface area contributed by atoms with Crippen LogP contribution < -0.4 is 0 Å². The zero-order chi connectivity index (χ0) is 12.8. The highest BCUT2D eigenvalue weighted by Gasteiger charge is 1.76. The van der Waals surface area contributed by atoms with Gasteiger partial charge in [-0.25, -0.2) is 0 Å². The Morgan fingerprint density at radius 2 is 1.62 bits per heavy atom. The molecule has 4 heteroatoms. The molecule has 2 heterocycles. The summed E-state index contributed by atoms with van der Waals surface area (Å²) in [7, 11) is 0. The Bertz CT molecular complexity index is 256. The molecular formula is C12H22N2S2. The lowest BCUT2D eigenvalue weighted by atomic mass is 10.5. The van der Waals surface area contributed by atoms with Crippen LogP contribution >= 0.6 is 22.9 Å². The fraction of sp³-hybridized carbons (Fsp3) is 0.500. The number of hydrogen-bond donors (Lipinski definition) is 0. The minimum Gasteiger partial charge on any atom is -0.250 e. The van der Waals surface area contributed by atoms with E-state index in [9.17, 15) is 0 Å². The van der Waals surface area contributed by atoms with Crippen LogP contribution in [-0.4, -0.2) is 9.36 Å². The van der Waals surface area contributed by atoms with E-state index in [1.54, 1.807) is 17.5 Å². The van der Waals surface area contributed by atoms with Gasteiger partial charge in [0, 0.05) is 17.0 Å². The van der Waals surface area contributed by atoms with Gasteiger partial charge in [-0.1, -0.05) is 27.7 Å². The Kier molecular flexibility index (Phi) is 15.7. The van der Waals surface area contributed by atoms with Crippen molar-refractivity contribution < 1.29 is 0 Å². The van der Waals surface area contributed by atoms with Crippen LogP contribution in [0.5, 0.6) is 0 Å². The van der Waals surface area contributed by atoms with E-state index in [4.69, 9.17) is 0 Å². The molecule has 0 atom stereocenters. The minimum absolute atomic E-state index is 1.11. The van der Waals surface area contributed by atoms with Crippen molar-refractivity contribution in [3.05, 3.63) is 33.7 Å². The second kappa shape index (κ2) is 14.3. The normalized spacial score (nSPS) is 7.38. The Morgan fingerprint density at radius 3 is 1.75 bits per heavy atom. The quantitative estimate of drug-likeness (QED) is 0.667. The molecule has 2 aromatic rings. The minimum atomic E-state index is 1.11. The molecule has 2 nitrogen and oxygen atoms in total. The number of thiazole rings is 1. The maximum absolute atomic E-state index is 3.96. The van der Waals surface area contributed by atoms with Crippen molar-refractivity contribution in [3.63, 3.8) is 0 Å². The molecule has 2 rings (SSSR count). The van der Waals surface area contributed by atoms with Gasteiger partial charge in [0.1, 0.15) is 0 Å². The monoisotopic (exact) mass is 258 g/mol. The Labute approximate surface area is 108 Å². The van der Waals surface area contributed by atoms with Gasteiger partial charge in [0.25, 0.3) is 0 Å². The van der Waals surface area contributed by atoms with Crippen LogP contribution in [0.1, 0.15) is 38.4 Å². The maximum Gasteiger partial charge on any atom is 0.0893 e. The van der Waals surface area contributed by atoms with Crippen molar-refractivity contribution in [3.8, 4) is 0 Å². The van der Waals surface area contributed by atoms with Gasteiger partial charge in [-0.05, 0) is 31.4 Å². The SMILES string of the molecule is CC.CC.Cc1ccsn1.Cc1nccs1. The van der Waals surface area contributed by atoms with Crippen molar-refractivity contribution in [1.29, 1.82) is 0 Å². The molecule has 0 spiro atoms. The van der Waals surface area contributed by atoms with Crippen molar-refractivity contribution in [1.82, 2.24) is 9.36 Å². The fourth-order valence-electron chi connectivity index (χ4n) is 0.568. The number of aromatic nitrogens is 2. The summed E-state index contributed by atoms with van der Waals surface area (Å²) in [4.78, 5) is 3.94. The average Bonchev–Trinajstić information content (AvgIpc) is 2.98. The first-order valence-electron chi connectivity index (χ1n) is 5.52. The first-order valence-corrected chi connectivity index (χ1v) is 7.24. The number of nitrogens with zero attached hydrogens (tertiary/aromatic N) is 2. The summed E-state index contributed by atoms with van der Waals surface area (Å²) in [6.45, 7) is 12.0. The lowest BCUT2D eigenvalue weighted by Crippen LogP contribution is -1.57. The van der Waals surface area contributed by atoms with Crippen LogP contribution in [0.2, 0.25) is 0 Å². The molecule has 0 amide bonds. The van der Waals surface area contributed by atoms with Gasteiger partial charge in [0.2, 0.25) is 0 Å². The number of hydrogen-bond acceptors (Lipinski definition) is 4. The van der Waals surface area contributed by atoms with Crippen molar-refractivity contribution >= 4 is 22.9 Å².